The summed E-state index contributed by atoms with van der Waals surface area (Å²) in [6.07, 6.45) is 0. The fourth-order valence-corrected chi connectivity index (χ4v) is 3.65. The van der Waals surface area contributed by atoms with Crippen LogP contribution in [0.3, 0.4) is 0 Å². The van der Waals surface area contributed by atoms with Crippen molar-refractivity contribution in [3.05, 3.63) is 63.0 Å². The lowest BCUT2D eigenvalue weighted by atomic mass is 10.2. The van der Waals surface area contributed by atoms with Gasteiger partial charge >= 0.3 is 5.97 Å². The van der Waals surface area contributed by atoms with Gasteiger partial charge in [-0.3, -0.25) is 4.79 Å². The van der Waals surface area contributed by atoms with Crippen LogP contribution in [0.4, 0.5) is 5.69 Å². The number of hydrogen-bond donors (Lipinski definition) is 1. The number of thiophene rings is 1. The summed E-state index contributed by atoms with van der Waals surface area (Å²) in [6, 6.07) is 11.8. The van der Waals surface area contributed by atoms with Crippen LogP contribution in [0.5, 0.6) is 0 Å². The maximum absolute atomic E-state index is 12.3. The number of benzene rings is 2. The molecule has 0 unspecified atom stereocenters. The van der Waals surface area contributed by atoms with Crippen LogP contribution in [-0.4, -0.2) is 19.0 Å². The van der Waals surface area contributed by atoms with E-state index >= 15 is 0 Å². The predicted molar refractivity (Wildman–Crippen MR) is 97.6 cm³/mol. The van der Waals surface area contributed by atoms with Crippen LogP contribution in [-0.2, 0) is 4.74 Å². The Bertz CT molecular complexity index is 952. The minimum atomic E-state index is -0.380. The number of anilines is 1. The van der Waals surface area contributed by atoms with E-state index in [2.05, 4.69) is 5.32 Å². The van der Waals surface area contributed by atoms with E-state index in [4.69, 9.17) is 27.9 Å². The number of methoxy groups -OCH3 is 1. The molecule has 0 bridgehead atoms. The Balaban J connectivity index is 1.87. The van der Waals surface area contributed by atoms with E-state index in [0.29, 0.717) is 21.2 Å². The quantitative estimate of drug-likeness (QED) is 0.632. The molecule has 1 aromatic heterocycles. The number of rotatable bonds is 3. The van der Waals surface area contributed by atoms with Gasteiger partial charge in [-0.05, 0) is 47.9 Å². The van der Waals surface area contributed by atoms with Gasteiger partial charge in [0.2, 0.25) is 0 Å². The van der Waals surface area contributed by atoms with Crippen molar-refractivity contribution in [2.24, 2.45) is 0 Å². The molecule has 3 rings (SSSR count). The van der Waals surface area contributed by atoms with Crippen molar-refractivity contribution in [1.82, 2.24) is 0 Å². The largest absolute Gasteiger partial charge is 0.465 e. The predicted octanol–water partition coefficient (Wildman–Crippen LogP) is 5.25. The maximum Gasteiger partial charge on any atom is 0.348 e. The molecule has 0 atom stereocenters. The fourth-order valence-electron chi connectivity index (χ4n) is 2.19. The van der Waals surface area contributed by atoms with Crippen LogP contribution in [0.2, 0.25) is 10.0 Å². The maximum atomic E-state index is 12.3. The van der Waals surface area contributed by atoms with Crippen LogP contribution in [0.15, 0.2) is 42.5 Å². The highest BCUT2D eigenvalue weighted by Crippen LogP contribution is 2.29. The summed E-state index contributed by atoms with van der Waals surface area (Å²) in [5.74, 6) is -0.714. The summed E-state index contributed by atoms with van der Waals surface area (Å²) in [5.41, 5.74) is 0.939. The number of halogens is 2. The second-order valence-corrected chi connectivity index (χ2v) is 6.86. The molecule has 0 saturated carbocycles. The highest BCUT2D eigenvalue weighted by atomic mass is 35.5. The second-order valence-electron chi connectivity index (χ2n) is 4.93. The summed E-state index contributed by atoms with van der Waals surface area (Å²) in [5, 5.41) is 4.38. The SMILES string of the molecule is COC(=O)c1cc2cc(NC(=O)c3ccc(Cl)cc3Cl)ccc2s1. The summed E-state index contributed by atoms with van der Waals surface area (Å²) < 4.78 is 5.65. The topological polar surface area (TPSA) is 55.4 Å². The molecular weight excluding hydrogens is 369 g/mol. The summed E-state index contributed by atoms with van der Waals surface area (Å²) in [4.78, 5) is 24.4. The number of ether oxygens (including phenoxy) is 1. The summed E-state index contributed by atoms with van der Waals surface area (Å²) in [6.45, 7) is 0. The van der Waals surface area contributed by atoms with Gasteiger partial charge in [-0.25, -0.2) is 4.79 Å². The monoisotopic (exact) mass is 379 g/mol. The third-order valence-electron chi connectivity index (χ3n) is 3.34. The number of fused-ring (bicyclic) bond motifs is 1. The number of carbonyl (C=O) groups is 2. The molecule has 0 aliphatic carbocycles. The molecule has 2 aromatic carbocycles. The molecular formula is C17H11Cl2NO3S. The van der Waals surface area contributed by atoms with Gasteiger partial charge in [-0.2, -0.15) is 0 Å². The van der Waals surface area contributed by atoms with Gasteiger partial charge in [0, 0.05) is 15.4 Å². The van der Waals surface area contributed by atoms with E-state index in [-0.39, 0.29) is 16.9 Å². The zero-order chi connectivity index (χ0) is 17.3. The van der Waals surface area contributed by atoms with E-state index in [0.717, 1.165) is 10.1 Å². The zero-order valence-corrected chi connectivity index (χ0v) is 14.8. The number of nitrogens with one attached hydrogen (secondary N) is 1. The zero-order valence-electron chi connectivity index (χ0n) is 12.4. The first-order valence-corrected chi connectivity index (χ1v) is 8.43. The number of hydrogen-bond acceptors (Lipinski definition) is 4. The standard InChI is InChI=1S/C17H11Cl2NO3S/c1-23-17(22)15-7-9-6-11(3-5-14(9)24-15)20-16(21)12-4-2-10(18)8-13(12)19/h2-8H,1H3,(H,20,21). The Morgan fingerprint density at radius 3 is 2.58 bits per heavy atom. The van der Waals surface area contributed by atoms with Gasteiger partial charge in [0.05, 0.1) is 17.7 Å². The summed E-state index contributed by atoms with van der Waals surface area (Å²) >= 11 is 13.2. The third-order valence-corrected chi connectivity index (χ3v) is 4.98. The smallest absolute Gasteiger partial charge is 0.348 e. The Hall–Kier alpha value is -2.08. The van der Waals surface area contributed by atoms with Crippen molar-refractivity contribution in [3.63, 3.8) is 0 Å². The van der Waals surface area contributed by atoms with Crippen LogP contribution in [0.25, 0.3) is 10.1 Å². The Kier molecular flexibility index (Phi) is 4.76. The van der Waals surface area contributed by atoms with E-state index in [9.17, 15) is 9.59 Å². The number of esters is 1. The minimum absolute atomic E-state index is 0.282. The van der Waals surface area contributed by atoms with Crippen LogP contribution >= 0.6 is 34.5 Å². The number of carbonyl (C=O) groups excluding carboxylic acids is 2. The molecule has 0 spiro atoms. The highest BCUT2D eigenvalue weighted by Gasteiger charge is 2.13. The average molecular weight is 380 g/mol. The van der Waals surface area contributed by atoms with Crippen LogP contribution in [0.1, 0.15) is 20.0 Å². The van der Waals surface area contributed by atoms with E-state index in [1.165, 1.54) is 24.5 Å². The molecule has 1 N–H and O–H groups in total. The lowest BCUT2D eigenvalue weighted by Gasteiger charge is -2.07. The minimum Gasteiger partial charge on any atom is -0.465 e. The normalized spacial score (nSPS) is 10.6. The Morgan fingerprint density at radius 1 is 1.08 bits per heavy atom. The molecule has 1 heterocycles. The molecule has 1 amide bonds. The van der Waals surface area contributed by atoms with Crippen molar-refractivity contribution >= 4 is 62.2 Å². The van der Waals surface area contributed by atoms with Gasteiger partial charge < -0.3 is 10.1 Å². The lowest BCUT2D eigenvalue weighted by molar-refractivity contribution is 0.0606. The van der Waals surface area contributed by atoms with E-state index < -0.39 is 0 Å². The van der Waals surface area contributed by atoms with Crippen molar-refractivity contribution in [3.8, 4) is 0 Å². The first kappa shape index (κ1) is 16.8. The molecule has 0 radical (unpaired) electrons. The molecule has 24 heavy (non-hydrogen) atoms. The van der Waals surface area contributed by atoms with E-state index in [1.54, 1.807) is 30.3 Å². The fraction of sp³-hybridized carbons (Fsp3) is 0.0588. The van der Waals surface area contributed by atoms with Gasteiger partial charge in [-0.15, -0.1) is 11.3 Å². The molecule has 7 heteroatoms. The van der Waals surface area contributed by atoms with Crippen molar-refractivity contribution in [1.29, 1.82) is 0 Å². The van der Waals surface area contributed by atoms with Gasteiger partial charge in [0.1, 0.15) is 4.88 Å². The summed E-state index contributed by atoms with van der Waals surface area (Å²) in [7, 11) is 1.34. The van der Waals surface area contributed by atoms with E-state index in [1.807, 2.05) is 6.07 Å². The molecule has 4 nitrogen and oxygen atoms in total. The average Bonchev–Trinajstić information content (AvgIpc) is 2.97. The van der Waals surface area contributed by atoms with Gasteiger partial charge in [0.15, 0.2) is 0 Å². The van der Waals surface area contributed by atoms with Gasteiger partial charge in [0.25, 0.3) is 5.91 Å². The Labute approximate surface area is 151 Å². The van der Waals surface area contributed by atoms with Crippen molar-refractivity contribution in [2.75, 3.05) is 12.4 Å². The first-order valence-electron chi connectivity index (χ1n) is 6.86. The van der Waals surface area contributed by atoms with Crippen molar-refractivity contribution in [2.45, 2.75) is 0 Å². The van der Waals surface area contributed by atoms with Gasteiger partial charge in [-0.1, -0.05) is 23.2 Å². The molecule has 0 aliphatic rings. The third kappa shape index (κ3) is 3.38. The molecule has 122 valence electrons. The van der Waals surface area contributed by atoms with Crippen molar-refractivity contribution < 1.29 is 14.3 Å². The number of amides is 1. The molecule has 3 aromatic rings. The second kappa shape index (κ2) is 6.81. The molecule has 0 aliphatic heterocycles. The Morgan fingerprint density at radius 2 is 1.88 bits per heavy atom. The lowest BCUT2D eigenvalue weighted by Crippen LogP contribution is -2.12. The first-order chi connectivity index (χ1) is 11.5. The van der Waals surface area contributed by atoms with Crippen LogP contribution in [0, 0.1) is 0 Å². The van der Waals surface area contributed by atoms with Crippen LogP contribution < -0.4 is 5.32 Å². The molecule has 0 fully saturated rings. The highest BCUT2D eigenvalue weighted by molar-refractivity contribution is 7.20. The molecule has 0 saturated heterocycles.